The summed E-state index contributed by atoms with van der Waals surface area (Å²) in [6.07, 6.45) is -0.447. The highest BCUT2D eigenvalue weighted by Crippen LogP contribution is 2.25. The molecule has 0 heterocycles. The number of halogens is 3. The minimum atomic E-state index is -0.761. The Morgan fingerprint density at radius 1 is 1.06 bits per heavy atom. The predicted octanol–water partition coefficient (Wildman–Crippen LogP) is 4.41. The molecule has 0 fully saturated rings. The molecule has 0 amide bonds. The molecule has 1 nitrogen and oxygen atoms in total. The minimum Gasteiger partial charge on any atom is -0.388 e. The van der Waals surface area contributed by atoms with E-state index in [1.807, 2.05) is 0 Å². The van der Waals surface area contributed by atoms with Gasteiger partial charge in [-0.25, -0.2) is 4.39 Å². The zero-order valence-electron chi connectivity index (χ0n) is 9.41. The van der Waals surface area contributed by atoms with Gasteiger partial charge in [0.2, 0.25) is 0 Å². The third-order valence-electron chi connectivity index (χ3n) is 2.59. The molecular formula is C14H11Cl2FO. The first-order valence-electron chi connectivity index (χ1n) is 5.43. The predicted molar refractivity (Wildman–Crippen MR) is 71.5 cm³/mol. The van der Waals surface area contributed by atoms with E-state index in [0.29, 0.717) is 22.0 Å². The molecule has 2 aromatic carbocycles. The fourth-order valence-corrected chi connectivity index (χ4v) is 2.32. The van der Waals surface area contributed by atoms with Gasteiger partial charge in [-0.2, -0.15) is 0 Å². The SMILES string of the molecule is OC(Cc1cccc(F)c1)c1cc(Cl)cc(Cl)c1. The van der Waals surface area contributed by atoms with Gasteiger partial charge in [-0.15, -0.1) is 0 Å². The summed E-state index contributed by atoms with van der Waals surface area (Å²) in [5.74, 6) is -0.316. The van der Waals surface area contributed by atoms with E-state index in [0.717, 1.165) is 5.56 Å². The fraction of sp³-hybridized carbons (Fsp3) is 0.143. The molecule has 0 aromatic heterocycles. The van der Waals surface area contributed by atoms with Gasteiger partial charge in [0.05, 0.1) is 6.10 Å². The smallest absolute Gasteiger partial charge is 0.123 e. The quantitative estimate of drug-likeness (QED) is 0.885. The molecule has 0 aliphatic heterocycles. The van der Waals surface area contributed by atoms with Crippen LogP contribution in [0.3, 0.4) is 0 Å². The Hall–Kier alpha value is -1.09. The first-order valence-corrected chi connectivity index (χ1v) is 6.18. The normalized spacial score (nSPS) is 12.4. The second kappa shape index (κ2) is 5.70. The van der Waals surface area contributed by atoms with Crippen LogP contribution < -0.4 is 0 Å². The molecule has 0 saturated heterocycles. The largest absolute Gasteiger partial charge is 0.388 e. The fourth-order valence-electron chi connectivity index (χ4n) is 1.77. The lowest BCUT2D eigenvalue weighted by atomic mass is 10.0. The third kappa shape index (κ3) is 3.45. The van der Waals surface area contributed by atoms with E-state index >= 15 is 0 Å². The number of benzene rings is 2. The van der Waals surface area contributed by atoms with Crippen LogP contribution in [-0.2, 0) is 6.42 Å². The molecule has 0 aliphatic rings. The van der Waals surface area contributed by atoms with Crippen molar-refractivity contribution in [2.24, 2.45) is 0 Å². The molecule has 0 spiro atoms. The molecule has 0 saturated carbocycles. The van der Waals surface area contributed by atoms with Crippen molar-refractivity contribution in [3.63, 3.8) is 0 Å². The van der Waals surface area contributed by atoms with E-state index in [2.05, 4.69) is 0 Å². The van der Waals surface area contributed by atoms with Crippen LogP contribution in [0.1, 0.15) is 17.2 Å². The first-order chi connectivity index (χ1) is 8.54. The Kier molecular flexibility index (Phi) is 4.23. The average molecular weight is 285 g/mol. The van der Waals surface area contributed by atoms with Crippen molar-refractivity contribution >= 4 is 23.2 Å². The third-order valence-corrected chi connectivity index (χ3v) is 3.02. The summed E-state index contributed by atoms with van der Waals surface area (Å²) in [5, 5.41) is 11.0. The summed E-state index contributed by atoms with van der Waals surface area (Å²) in [7, 11) is 0. The van der Waals surface area contributed by atoms with E-state index in [1.165, 1.54) is 12.1 Å². The minimum absolute atomic E-state index is 0.314. The molecule has 0 aliphatic carbocycles. The maximum atomic E-state index is 13.0. The second-order valence-electron chi connectivity index (χ2n) is 4.05. The van der Waals surface area contributed by atoms with Crippen molar-refractivity contribution in [3.05, 3.63) is 69.5 Å². The lowest BCUT2D eigenvalue weighted by molar-refractivity contribution is 0.178. The Morgan fingerprint density at radius 2 is 1.72 bits per heavy atom. The lowest BCUT2D eigenvalue weighted by Gasteiger charge is -2.12. The summed E-state index contributed by atoms with van der Waals surface area (Å²) in [5.41, 5.74) is 1.34. The van der Waals surface area contributed by atoms with Crippen LogP contribution in [0.5, 0.6) is 0 Å². The zero-order valence-corrected chi connectivity index (χ0v) is 10.9. The molecule has 1 atom stereocenters. The number of rotatable bonds is 3. The van der Waals surface area contributed by atoms with Crippen molar-refractivity contribution in [1.82, 2.24) is 0 Å². The first kappa shape index (κ1) is 13.3. The molecule has 2 aromatic rings. The van der Waals surface area contributed by atoms with E-state index in [9.17, 15) is 9.50 Å². The number of hydrogen-bond donors (Lipinski definition) is 1. The van der Waals surface area contributed by atoms with Gasteiger partial charge in [0.1, 0.15) is 5.82 Å². The highest BCUT2D eigenvalue weighted by molar-refractivity contribution is 6.34. The van der Waals surface area contributed by atoms with Gasteiger partial charge in [0.15, 0.2) is 0 Å². The van der Waals surface area contributed by atoms with E-state index in [-0.39, 0.29) is 5.82 Å². The summed E-state index contributed by atoms with van der Waals surface area (Å²) >= 11 is 11.7. The van der Waals surface area contributed by atoms with E-state index in [4.69, 9.17) is 23.2 Å². The second-order valence-corrected chi connectivity index (χ2v) is 4.93. The molecule has 0 radical (unpaired) electrons. The van der Waals surface area contributed by atoms with Crippen molar-refractivity contribution in [2.45, 2.75) is 12.5 Å². The number of hydrogen-bond acceptors (Lipinski definition) is 1. The topological polar surface area (TPSA) is 20.2 Å². The molecule has 2 rings (SSSR count). The highest BCUT2D eigenvalue weighted by Gasteiger charge is 2.10. The molecule has 4 heteroatoms. The highest BCUT2D eigenvalue weighted by atomic mass is 35.5. The van der Waals surface area contributed by atoms with Gasteiger partial charge in [-0.1, -0.05) is 35.3 Å². The standard InChI is InChI=1S/C14H11Cl2FO/c15-11-6-10(7-12(16)8-11)14(18)5-9-2-1-3-13(17)4-9/h1-4,6-8,14,18H,5H2. The van der Waals surface area contributed by atoms with Gasteiger partial charge < -0.3 is 5.11 Å². The van der Waals surface area contributed by atoms with Crippen LogP contribution in [0.25, 0.3) is 0 Å². The van der Waals surface area contributed by atoms with E-state index in [1.54, 1.807) is 30.3 Å². The monoisotopic (exact) mass is 284 g/mol. The van der Waals surface area contributed by atoms with Gasteiger partial charge in [0.25, 0.3) is 0 Å². The van der Waals surface area contributed by atoms with E-state index < -0.39 is 6.10 Å². The molecule has 1 N–H and O–H groups in total. The van der Waals surface area contributed by atoms with Crippen LogP contribution in [0.2, 0.25) is 10.0 Å². The summed E-state index contributed by atoms with van der Waals surface area (Å²) < 4.78 is 13.0. The molecule has 1 unspecified atom stereocenters. The zero-order chi connectivity index (χ0) is 13.1. The Morgan fingerprint density at radius 3 is 2.33 bits per heavy atom. The Labute approximate surface area is 115 Å². The van der Waals surface area contributed by atoms with Crippen LogP contribution in [0, 0.1) is 5.82 Å². The van der Waals surface area contributed by atoms with Gasteiger partial charge in [-0.05, 0) is 41.5 Å². The van der Waals surface area contributed by atoms with Crippen LogP contribution in [0.4, 0.5) is 4.39 Å². The van der Waals surface area contributed by atoms with Crippen LogP contribution in [-0.4, -0.2) is 5.11 Å². The van der Waals surface area contributed by atoms with Crippen LogP contribution >= 0.6 is 23.2 Å². The maximum Gasteiger partial charge on any atom is 0.123 e. The van der Waals surface area contributed by atoms with Crippen molar-refractivity contribution < 1.29 is 9.50 Å². The van der Waals surface area contributed by atoms with Crippen LogP contribution in [0.15, 0.2) is 42.5 Å². The van der Waals surface area contributed by atoms with Gasteiger partial charge >= 0.3 is 0 Å². The molecule has 18 heavy (non-hydrogen) atoms. The Balaban J connectivity index is 2.19. The summed E-state index contributed by atoms with van der Waals surface area (Å²) in [6.45, 7) is 0. The molecule has 0 bridgehead atoms. The van der Waals surface area contributed by atoms with Gasteiger partial charge in [-0.3, -0.25) is 0 Å². The number of aliphatic hydroxyl groups excluding tert-OH is 1. The molecular weight excluding hydrogens is 274 g/mol. The van der Waals surface area contributed by atoms with Crippen molar-refractivity contribution in [3.8, 4) is 0 Å². The summed E-state index contributed by atoms with van der Waals surface area (Å²) in [6, 6.07) is 11.0. The lowest BCUT2D eigenvalue weighted by Crippen LogP contribution is -2.02. The van der Waals surface area contributed by atoms with Crippen molar-refractivity contribution in [2.75, 3.05) is 0 Å². The summed E-state index contributed by atoms with van der Waals surface area (Å²) in [4.78, 5) is 0. The molecule has 94 valence electrons. The van der Waals surface area contributed by atoms with Crippen molar-refractivity contribution in [1.29, 1.82) is 0 Å². The average Bonchev–Trinajstić information content (AvgIpc) is 2.27. The Bertz CT molecular complexity index is 537. The number of aliphatic hydroxyl groups is 1. The van der Waals surface area contributed by atoms with Gasteiger partial charge in [0, 0.05) is 16.5 Å². The maximum absolute atomic E-state index is 13.0.